The van der Waals surface area contributed by atoms with Crippen molar-refractivity contribution >= 4 is 46.4 Å². The highest BCUT2D eigenvalue weighted by atomic mass is 32.2. The predicted octanol–water partition coefficient (Wildman–Crippen LogP) is 5.03. The summed E-state index contributed by atoms with van der Waals surface area (Å²) in [6, 6.07) is 23.8. The van der Waals surface area contributed by atoms with Crippen molar-refractivity contribution in [1.29, 1.82) is 0 Å². The van der Waals surface area contributed by atoms with Crippen LogP contribution in [0.5, 0.6) is 0 Å². The number of nitrogens with zero attached hydrogens (tertiary/aromatic N) is 1. The van der Waals surface area contributed by atoms with Gasteiger partial charge in [0, 0.05) is 17.5 Å². The molecule has 0 atom stereocenters. The number of imide groups is 1. The first kappa shape index (κ1) is 20.6. The van der Waals surface area contributed by atoms with E-state index in [4.69, 9.17) is 0 Å². The number of anilines is 2. The number of nitrogens with one attached hydrogen (secondary N) is 1. The third-order valence-corrected chi connectivity index (χ3v) is 5.85. The summed E-state index contributed by atoms with van der Waals surface area (Å²) in [5.41, 5.74) is 3.12. The van der Waals surface area contributed by atoms with Crippen LogP contribution in [0.1, 0.15) is 18.1 Å². The van der Waals surface area contributed by atoms with Gasteiger partial charge >= 0.3 is 0 Å². The van der Waals surface area contributed by atoms with E-state index in [0.29, 0.717) is 27.4 Å². The van der Waals surface area contributed by atoms with Crippen LogP contribution in [0.3, 0.4) is 0 Å². The fraction of sp³-hybridized carbons (Fsp3) is 0.0800. The summed E-state index contributed by atoms with van der Waals surface area (Å²) >= 11 is 1.28. The Kier molecular flexibility index (Phi) is 5.73. The molecule has 0 aromatic heterocycles. The second kappa shape index (κ2) is 8.62. The average molecular weight is 429 g/mol. The minimum atomic E-state index is -0.360. The van der Waals surface area contributed by atoms with Crippen molar-refractivity contribution in [3.05, 3.63) is 94.9 Å². The highest BCUT2D eigenvalue weighted by Gasteiger charge is 2.40. The van der Waals surface area contributed by atoms with E-state index in [1.54, 1.807) is 30.3 Å². The van der Waals surface area contributed by atoms with E-state index in [2.05, 4.69) is 5.32 Å². The molecule has 1 heterocycles. The number of amides is 3. The van der Waals surface area contributed by atoms with Gasteiger partial charge in [-0.25, -0.2) is 4.90 Å². The van der Waals surface area contributed by atoms with Gasteiger partial charge in [-0.05, 0) is 54.4 Å². The van der Waals surface area contributed by atoms with Gasteiger partial charge < -0.3 is 5.32 Å². The zero-order valence-corrected chi connectivity index (χ0v) is 17.9. The van der Waals surface area contributed by atoms with Crippen LogP contribution >= 0.6 is 11.8 Å². The van der Waals surface area contributed by atoms with Crippen LogP contribution in [0.2, 0.25) is 0 Å². The SMILES string of the molecule is CC(=O)Nc1ccc(C2=C(Sc3ccccc3)C(=O)N(c3cccc(C)c3)C2=O)cc1. The van der Waals surface area contributed by atoms with Crippen LogP contribution in [0, 0.1) is 6.92 Å². The molecule has 1 aliphatic heterocycles. The molecule has 3 aromatic carbocycles. The Balaban J connectivity index is 1.78. The van der Waals surface area contributed by atoms with Crippen LogP contribution in [-0.4, -0.2) is 17.7 Å². The summed E-state index contributed by atoms with van der Waals surface area (Å²) in [6.45, 7) is 3.35. The maximum Gasteiger partial charge on any atom is 0.272 e. The summed E-state index contributed by atoms with van der Waals surface area (Å²) in [5.74, 6) is -0.878. The van der Waals surface area contributed by atoms with Crippen molar-refractivity contribution in [2.75, 3.05) is 10.2 Å². The zero-order chi connectivity index (χ0) is 22.0. The molecule has 6 heteroatoms. The van der Waals surface area contributed by atoms with E-state index < -0.39 is 0 Å². The van der Waals surface area contributed by atoms with E-state index in [9.17, 15) is 14.4 Å². The van der Waals surface area contributed by atoms with Gasteiger partial charge in [0.05, 0.1) is 16.2 Å². The quantitative estimate of drug-likeness (QED) is 0.579. The van der Waals surface area contributed by atoms with Crippen LogP contribution in [0.4, 0.5) is 11.4 Å². The van der Waals surface area contributed by atoms with Crippen LogP contribution in [0.25, 0.3) is 5.57 Å². The molecule has 0 fully saturated rings. The second-order valence-electron chi connectivity index (χ2n) is 7.16. The van der Waals surface area contributed by atoms with E-state index in [1.165, 1.54) is 23.6 Å². The molecule has 0 saturated carbocycles. The molecule has 31 heavy (non-hydrogen) atoms. The number of hydrogen-bond acceptors (Lipinski definition) is 4. The predicted molar refractivity (Wildman–Crippen MR) is 124 cm³/mol. The number of carbonyl (C=O) groups is 3. The Hall–Kier alpha value is -3.64. The van der Waals surface area contributed by atoms with Crippen molar-refractivity contribution in [2.24, 2.45) is 0 Å². The molecule has 3 aromatic rings. The van der Waals surface area contributed by atoms with Gasteiger partial charge in [-0.1, -0.05) is 54.2 Å². The van der Waals surface area contributed by atoms with E-state index in [-0.39, 0.29) is 17.7 Å². The Bertz CT molecular complexity index is 1200. The van der Waals surface area contributed by atoms with Gasteiger partial charge in [0.1, 0.15) is 0 Å². The standard InChI is InChI=1S/C25H20N2O3S/c1-16-7-6-8-20(15-16)27-24(29)22(18-11-13-19(14-12-18)26-17(2)28)23(25(27)30)31-21-9-4-3-5-10-21/h3-15H,1-2H3,(H,26,28). The molecule has 0 unspecified atom stereocenters. The lowest BCUT2D eigenvalue weighted by Gasteiger charge is -2.15. The molecule has 3 amide bonds. The number of rotatable bonds is 5. The number of hydrogen-bond donors (Lipinski definition) is 1. The number of carbonyl (C=O) groups excluding carboxylic acids is 3. The topological polar surface area (TPSA) is 66.5 Å². The van der Waals surface area contributed by atoms with Crippen molar-refractivity contribution in [1.82, 2.24) is 0 Å². The van der Waals surface area contributed by atoms with Crippen molar-refractivity contribution in [3.63, 3.8) is 0 Å². The first-order valence-corrected chi connectivity index (χ1v) is 10.6. The fourth-order valence-corrected chi connectivity index (χ4v) is 4.41. The molecular weight excluding hydrogens is 408 g/mol. The van der Waals surface area contributed by atoms with Crippen LogP contribution in [0.15, 0.2) is 88.7 Å². The highest BCUT2D eigenvalue weighted by Crippen LogP contribution is 2.41. The Labute approximate surface area is 184 Å². The van der Waals surface area contributed by atoms with Gasteiger partial charge in [0.25, 0.3) is 11.8 Å². The fourth-order valence-electron chi connectivity index (χ4n) is 3.39. The monoisotopic (exact) mass is 428 g/mol. The third-order valence-electron chi connectivity index (χ3n) is 4.76. The number of benzene rings is 3. The van der Waals surface area contributed by atoms with Crippen LogP contribution in [-0.2, 0) is 14.4 Å². The molecule has 154 valence electrons. The maximum absolute atomic E-state index is 13.5. The van der Waals surface area contributed by atoms with Gasteiger partial charge in [0.15, 0.2) is 0 Å². The molecule has 0 radical (unpaired) electrons. The first-order chi connectivity index (χ1) is 14.9. The maximum atomic E-state index is 13.5. The van der Waals surface area contributed by atoms with E-state index in [0.717, 1.165) is 10.5 Å². The molecule has 1 aliphatic rings. The summed E-state index contributed by atoms with van der Waals surface area (Å²) in [7, 11) is 0. The number of thioether (sulfide) groups is 1. The Morgan fingerprint density at radius 1 is 0.871 bits per heavy atom. The molecule has 0 aliphatic carbocycles. The lowest BCUT2D eigenvalue weighted by molar-refractivity contribution is -0.120. The van der Waals surface area contributed by atoms with Gasteiger partial charge in [0.2, 0.25) is 5.91 Å². The van der Waals surface area contributed by atoms with E-state index >= 15 is 0 Å². The molecule has 0 spiro atoms. The van der Waals surface area contributed by atoms with Gasteiger partial charge in [-0.3, -0.25) is 14.4 Å². The van der Waals surface area contributed by atoms with Gasteiger partial charge in [-0.2, -0.15) is 0 Å². The lowest BCUT2D eigenvalue weighted by atomic mass is 10.1. The molecule has 0 saturated heterocycles. The first-order valence-electron chi connectivity index (χ1n) is 9.74. The molecule has 0 bridgehead atoms. The minimum Gasteiger partial charge on any atom is -0.326 e. The summed E-state index contributed by atoms with van der Waals surface area (Å²) in [4.78, 5) is 40.6. The largest absolute Gasteiger partial charge is 0.326 e. The number of aryl methyl sites for hydroxylation is 1. The van der Waals surface area contributed by atoms with Crippen LogP contribution < -0.4 is 10.2 Å². The minimum absolute atomic E-state index is 0.176. The second-order valence-corrected chi connectivity index (χ2v) is 8.25. The van der Waals surface area contributed by atoms with Crippen molar-refractivity contribution in [3.8, 4) is 0 Å². The Morgan fingerprint density at radius 2 is 1.58 bits per heavy atom. The molecular formula is C25H20N2O3S. The summed E-state index contributed by atoms with van der Waals surface area (Å²) < 4.78 is 0. The van der Waals surface area contributed by atoms with Crippen molar-refractivity contribution < 1.29 is 14.4 Å². The summed E-state index contributed by atoms with van der Waals surface area (Å²) in [5, 5.41) is 2.71. The highest BCUT2D eigenvalue weighted by molar-refractivity contribution is 8.04. The Morgan fingerprint density at radius 3 is 2.23 bits per heavy atom. The van der Waals surface area contributed by atoms with Gasteiger partial charge in [-0.15, -0.1) is 0 Å². The molecule has 5 nitrogen and oxygen atoms in total. The van der Waals surface area contributed by atoms with Crippen molar-refractivity contribution in [2.45, 2.75) is 18.7 Å². The molecule has 4 rings (SSSR count). The normalized spacial score (nSPS) is 13.7. The smallest absolute Gasteiger partial charge is 0.272 e. The zero-order valence-electron chi connectivity index (χ0n) is 17.1. The van der Waals surface area contributed by atoms with E-state index in [1.807, 2.05) is 55.5 Å². The molecule has 1 N–H and O–H groups in total. The summed E-state index contributed by atoms with van der Waals surface area (Å²) in [6.07, 6.45) is 0. The average Bonchev–Trinajstić information content (AvgIpc) is 2.98. The third kappa shape index (κ3) is 4.29. The lowest BCUT2D eigenvalue weighted by Crippen LogP contribution is -2.31.